The van der Waals surface area contributed by atoms with E-state index in [1.807, 2.05) is 0 Å². The largest absolute Gasteiger partial charge is 0.416 e. The minimum Gasteiger partial charge on any atom is -0.317 e. The molecule has 3 nitrogen and oxygen atoms in total. The van der Waals surface area contributed by atoms with Gasteiger partial charge in [0.05, 0.1) is 11.0 Å². The fraction of sp³-hybridized carbons (Fsp3) is 0.533. The number of hydrogen-bond donors (Lipinski definition) is 1. The van der Waals surface area contributed by atoms with E-state index in [0.29, 0.717) is 12.2 Å². The summed E-state index contributed by atoms with van der Waals surface area (Å²) < 4.78 is 38.4. The molecule has 0 unspecified atom stereocenters. The molecule has 1 aromatic rings. The predicted molar refractivity (Wildman–Crippen MR) is 73.0 cm³/mol. The van der Waals surface area contributed by atoms with Crippen LogP contribution in [0.3, 0.4) is 0 Å². The van der Waals surface area contributed by atoms with Crippen molar-refractivity contribution in [2.75, 3.05) is 24.5 Å². The van der Waals surface area contributed by atoms with Crippen molar-refractivity contribution in [1.82, 2.24) is 5.32 Å². The Morgan fingerprint density at radius 2 is 1.86 bits per heavy atom. The Bertz CT molecular complexity index is 550. The van der Waals surface area contributed by atoms with E-state index in [0.717, 1.165) is 44.5 Å². The van der Waals surface area contributed by atoms with Crippen molar-refractivity contribution in [1.29, 1.82) is 0 Å². The number of nitrogens with zero attached hydrogens (tertiary/aromatic N) is 1. The predicted octanol–water partition coefficient (Wildman–Crippen LogP) is 2.81. The summed E-state index contributed by atoms with van der Waals surface area (Å²) in [6, 6.07) is 5.04. The van der Waals surface area contributed by atoms with Gasteiger partial charge in [0.2, 0.25) is 5.91 Å². The lowest BCUT2D eigenvalue weighted by atomic mass is 9.78. The van der Waals surface area contributed by atoms with E-state index in [4.69, 9.17) is 0 Å². The number of rotatable bonds is 1. The van der Waals surface area contributed by atoms with E-state index in [9.17, 15) is 18.0 Å². The molecule has 114 valence electrons. The minimum atomic E-state index is -4.38. The molecular formula is C15H17F3N2O. The molecule has 2 aliphatic heterocycles. The summed E-state index contributed by atoms with van der Waals surface area (Å²) in [7, 11) is 0. The highest BCUT2D eigenvalue weighted by Crippen LogP contribution is 2.42. The van der Waals surface area contributed by atoms with Crippen LogP contribution in [0.4, 0.5) is 18.9 Å². The number of carbonyl (C=O) groups excluding carboxylic acids is 1. The molecule has 0 aliphatic carbocycles. The number of anilines is 1. The molecule has 1 spiro atoms. The minimum absolute atomic E-state index is 0.0247. The average Bonchev–Trinajstić information content (AvgIpc) is 2.76. The van der Waals surface area contributed by atoms with Crippen LogP contribution in [0.15, 0.2) is 24.3 Å². The van der Waals surface area contributed by atoms with Crippen LogP contribution in [0.25, 0.3) is 0 Å². The summed E-state index contributed by atoms with van der Waals surface area (Å²) in [5.74, 6) is -0.0247. The van der Waals surface area contributed by atoms with Crippen LogP contribution >= 0.6 is 0 Å². The van der Waals surface area contributed by atoms with Crippen molar-refractivity contribution in [3.05, 3.63) is 29.8 Å². The SMILES string of the molecule is O=C1N(c2cccc(C(F)(F)F)c2)CCC12CCNCC2. The molecule has 2 aliphatic rings. The molecule has 2 saturated heterocycles. The van der Waals surface area contributed by atoms with Crippen LogP contribution in [0, 0.1) is 5.41 Å². The first-order chi connectivity index (χ1) is 9.92. The molecule has 0 radical (unpaired) electrons. The topological polar surface area (TPSA) is 32.3 Å². The summed E-state index contributed by atoms with van der Waals surface area (Å²) in [5.41, 5.74) is -0.733. The number of benzene rings is 1. The van der Waals surface area contributed by atoms with Gasteiger partial charge in [-0.25, -0.2) is 0 Å². The van der Waals surface area contributed by atoms with Gasteiger partial charge in [-0.3, -0.25) is 4.79 Å². The second-order valence-corrected chi connectivity index (χ2v) is 5.79. The maximum atomic E-state index is 12.8. The average molecular weight is 298 g/mol. The third-order valence-corrected chi connectivity index (χ3v) is 4.56. The zero-order chi connectivity index (χ0) is 15.1. The number of carbonyl (C=O) groups is 1. The normalized spacial score (nSPS) is 22.0. The van der Waals surface area contributed by atoms with Gasteiger partial charge in [0.15, 0.2) is 0 Å². The highest BCUT2D eigenvalue weighted by atomic mass is 19.4. The highest BCUT2D eigenvalue weighted by Gasteiger charge is 2.47. The van der Waals surface area contributed by atoms with Crippen molar-refractivity contribution in [3.8, 4) is 0 Å². The molecule has 6 heteroatoms. The van der Waals surface area contributed by atoms with Crippen LogP contribution in [0.5, 0.6) is 0 Å². The smallest absolute Gasteiger partial charge is 0.317 e. The van der Waals surface area contributed by atoms with E-state index >= 15 is 0 Å². The third-order valence-electron chi connectivity index (χ3n) is 4.56. The van der Waals surface area contributed by atoms with Gasteiger partial charge in [-0.05, 0) is 50.6 Å². The Balaban J connectivity index is 1.87. The molecule has 2 heterocycles. The summed E-state index contributed by atoms with van der Waals surface area (Å²) in [4.78, 5) is 14.2. The maximum Gasteiger partial charge on any atom is 0.416 e. The third kappa shape index (κ3) is 2.52. The van der Waals surface area contributed by atoms with Crippen molar-refractivity contribution in [3.63, 3.8) is 0 Å². The fourth-order valence-corrected chi connectivity index (χ4v) is 3.29. The first kappa shape index (κ1) is 14.4. The van der Waals surface area contributed by atoms with E-state index in [1.54, 1.807) is 6.07 Å². The quantitative estimate of drug-likeness (QED) is 0.864. The summed E-state index contributed by atoms with van der Waals surface area (Å²) in [6.45, 7) is 2.09. The van der Waals surface area contributed by atoms with Gasteiger partial charge < -0.3 is 10.2 Å². The van der Waals surface area contributed by atoms with Crippen molar-refractivity contribution >= 4 is 11.6 Å². The van der Waals surface area contributed by atoms with Gasteiger partial charge in [-0.15, -0.1) is 0 Å². The molecule has 0 atom stereocenters. The monoisotopic (exact) mass is 298 g/mol. The fourth-order valence-electron chi connectivity index (χ4n) is 3.29. The number of piperidine rings is 1. The maximum absolute atomic E-state index is 12.8. The lowest BCUT2D eigenvalue weighted by Crippen LogP contribution is -2.42. The molecule has 21 heavy (non-hydrogen) atoms. The van der Waals surface area contributed by atoms with E-state index in [2.05, 4.69) is 5.32 Å². The number of hydrogen-bond acceptors (Lipinski definition) is 2. The van der Waals surface area contributed by atoms with E-state index in [1.165, 1.54) is 11.0 Å². The zero-order valence-electron chi connectivity index (χ0n) is 11.5. The molecular weight excluding hydrogens is 281 g/mol. The van der Waals surface area contributed by atoms with Gasteiger partial charge in [0.25, 0.3) is 0 Å². The summed E-state index contributed by atoms with van der Waals surface area (Å²) in [6.07, 6.45) is -2.13. The lowest BCUT2D eigenvalue weighted by molar-refractivity contribution is -0.137. The second-order valence-electron chi connectivity index (χ2n) is 5.79. The highest BCUT2D eigenvalue weighted by molar-refractivity contribution is 6.00. The summed E-state index contributed by atoms with van der Waals surface area (Å²) in [5, 5.41) is 3.22. The molecule has 0 saturated carbocycles. The van der Waals surface area contributed by atoms with Gasteiger partial charge >= 0.3 is 6.18 Å². The molecule has 0 aromatic heterocycles. The van der Waals surface area contributed by atoms with Crippen LogP contribution in [0.1, 0.15) is 24.8 Å². The van der Waals surface area contributed by atoms with Gasteiger partial charge in [-0.2, -0.15) is 13.2 Å². The molecule has 3 rings (SSSR count). The number of alkyl halides is 3. The van der Waals surface area contributed by atoms with Crippen LogP contribution in [-0.2, 0) is 11.0 Å². The van der Waals surface area contributed by atoms with Gasteiger partial charge in [0, 0.05) is 12.2 Å². The van der Waals surface area contributed by atoms with Gasteiger partial charge in [-0.1, -0.05) is 6.07 Å². The molecule has 1 aromatic carbocycles. The molecule has 1 amide bonds. The number of amides is 1. The van der Waals surface area contributed by atoms with E-state index in [-0.39, 0.29) is 11.3 Å². The molecule has 2 fully saturated rings. The second kappa shape index (κ2) is 5.02. The van der Waals surface area contributed by atoms with Crippen LogP contribution in [-0.4, -0.2) is 25.5 Å². The van der Waals surface area contributed by atoms with Gasteiger partial charge in [0.1, 0.15) is 0 Å². The van der Waals surface area contributed by atoms with E-state index < -0.39 is 11.7 Å². The Kier molecular flexibility index (Phi) is 3.43. The summed E-state index contributed by atoms with van der Waals surface area (Å²) >= 11 is 0. The standard InChI is InChI=1S/C15H17F3N2O/c16-15(17,18)11-2-1-3-12(10-11)20-9-6-14(13(20)21)4-7-19-8-5-14/h1-3,10,19H,4-9H2. The van der Waals surface area contributed by atoms with Crippen molar-refractivity contribution < 1.29 is 18.0 Å². The van der Waals surface area contributed by atoms with Crippen LogP contribution < -0.4 is 10.2 Å². The zero-order valence-corrected chi connectivity index (χ0v) is 11.5. The Hall–Kier alpha value is -1.56. The van der Waals surface area contributed by atoms with Crippen molar-refractivity contribution in [2.45, 2.75) is 25.4 Å². The molecule has 1 N–H and O–H groups in total. The Morgan fingerprint density at radius 3 is 2.52 bits per heavy atom. The Labute approximate surface area is 121 Å². The molecule has 0 bridgehead atoms. The van der Waals surface area contributed by atoms with Crippen LogP contribution in [0.2, 0.25) is 0 Å². The Morgan fingerprint density at radius 1 is 1.14 bits per heavy atom. The van der Waals surface area contributed by atoms with Crippen molar-refractivity contribution in [2.24, 2.45) is 5.41 Å². The lowest BCUT2D eigenvalue weighted by Gasteiger charge is -2.32. The first-order valence-corrected chi connectivity index (χ1v) is 7.12. The first-order valence-electron chi connectivity index (χ1n) is 7.12. The number of nitrogens with one attached hydrogen (secondary N) is 1. The number of halogens is 3.